The van der Waals surface area contributed by atoms with Crippen molar-refractivity contribution in [3.05, 3.63) is 22.4 Å². The average Bonchev–Trinajstić information content (AvgIpc) is 2.86. The molecule has 1 heterocycles. The summed E-state index contributed by atoms with van der Waals surface area (Å²) in [5, 5.41) is 4.92. The molecular weight excluding hydrogens is 270 g/mol. The number of esters is 1. The summed E-state index contributed by atoms with van der Waals surface area (Å²) in [4.78, 5) is 23.8. The Balaban J connectivity index is 2.51. The van der Waals surface area contributed by atoms with Crippen LogP contribution in [-0.2, 0) is 14.3 Å². The molecule has 1 N–H and O–H groups in total. The van der Waals surface area contributed by atoms with Crippen molar-refractivity contribution in [1.29, 1.82) is 0 Å². The van der Waals surface area contributed by atoms with Crippen LogP contribution in [0.25, 0.3) is 0 Å². The lowest BCUT2D eigenvalue weighted by atomic mass is 10.3. The van der Waals surface area contributed by atoms with Crippen LogP contribution in [0.2, 0.25) is 0 Å². The summed E-state index contributed by atoms with van der Waals surface area (Å²) in [6.07, 6.45) is 0. The predicted molar refractivity (Wildman–Crippen MR) is 74.8 cm³/mol. The number of carbonyl (C=O) groups excluding carboxylic acids is 2. The van der Waals surface area contributed by atoms with Gasteiger partial charge in [-0.3, -0.25) is 4.79 Å². The lowest BCUT2D eigenvalue weighted by Gasteiger charge is -2.17. The van der Waals surface area contributed by atoms with Gasteiger partial charge in [0.15, 0.2) is 0 Å². The Hall–Kier alpha value is -1.01. The highest BCUT2D eigenvalue weighted by atomic mass is 32.2. The summed E-state index contributed by atoms with van der Waals surface area (Å²) < 4.78 is 4.67. The molecular formula is C12H17NO3S2. The molecule has 1 unspecified atom stereocenters. The third kappa shape index (κ3) is 4.70. The van der Waals surface area contributed by atoms with E-state index < -0.39 is 12.0 Å². The minimum Gasteiger partial charge on any atom is -0.467 e. The van der Waals surface area contributed by atoms with Crippen LogP contribution in [0.5, 0.6) is 0 Å². The molecule has 0 saturated heterocycles. The lowest BCUT2D eigenvalue weighted by molar-refractivity contribution is -0.144. The van der Waals surface area contributed by atoms with E-state index in [2.05, 4.69) is 23.0 Å². The molecule has 1 rings (SSSR count). The first kappa shape index (κ1) is 15.0. The van der Waals surface area contributed by atoms with Gasteiger partial charge < -0.3 is 10.1 Å². The van der Waals surface area contributed by atoms with Gasteiger partial charge in [-0.15, -0.1) is 11.3 Å². The first-order valence-corrected chi connectivity index (χ1v) is 7.47. The van der Waals surface area contributed by atoms with Crippen LogP contribution < -0.4 is 5.32 Å². The highest BCUT2D eigenvalue weighted by Crippen LogP contribution is 2.31. The maximum atomic E-state index is 11.5. The van der Waals surface area contributed by atoms with E-state index in [1.165, 1.54) is 18.9 Å². The third-order valence-corrected chi connectivity index (χ3v) is 4.80. The number of nitrogens with one attached hydrogen (secondary N) is 1. The minimum absolute atomic E-state index is 0.227. The van der Waals surface area contributed by atoms with E-state index >= 15 is 0 Å². The smallest absolute Gasteiger partial charge is 0.329 e. The molecule has 0 aliphatic heterocycles. The second-order valence-electron chi connectivity index (χ2n) is 3.77. The first-order valence-electron chi connectivity index (χ1n) is 5.54. The van der Waals surface area contributed by atoms with Gasteiger partial charge in [-0.2, -0.15) is 11.8 Å². The lowest BCUT2D eigenvalue weighted by Crippen LogP contribution is -2.42. The molecule has 0 aliphatic carbocycles. The largest absolute Gasteiger partial charge is 0.467 e. The molecule has 6 heteroatoms. The maximum Gasteiger partial charge on any atom is 0.329 e. The Labute approximate surface area is 115 Å². The summed E-state index contributed by atoms with van der Waals surface area (Å²) in [6, 6.07) is 3.48. The SMILES string of the molecule is COC(=O)[C@H](CSC(C)c1cccs1)NC(C)=O. The fraction of sp³-hybridized carbons (Fsp3) is 0.500. The molecule has 0 aliphatic rings. The number of amides is 1. The molecule has 18 heavy (non-hydrogen) atoms. The second-order valence-corrected chi connectivity index (χ2v) is 6.12. The van der Waals surface area contributed by atoms with Gasteiger partial charge in [-0.1, -0.05) is 6.07 Å². The predicted octanol–water partition coefficient (Wildman–Crippen LogP) is 2.22. The van der Waals surface area contributed by atoms with Gasteiger partial charge in [0.2, 0.25) is 5.91 Å². The van der Waals surface area contributed by atoms with E-state index in [-0.39, 0.29) is 5.91 Å². The number of carbonyl (C=O) groups is 2. The molecule has 2 atom stereocenters. The fourth-order valence-corrected chi connectivity index (χ4v) is 3.38. The van der Waals surface area contributed by atoms with E-state index in [4.69, 9.17) is 0 Å². The van der Waals surface area contributed by atoms with Crippen LogP contribution in [0.3, 0.4) is 0 Å². The summed E-state index contributed by atoms with van der Waals surface area (Å²) in [6.45, 7) is 3.47. The number of ether oxygens (including phenoxy) is 1. The number of hydrogen-bond acceptors (Lipinski definition) is 5. The molecule has 4 nitrogen and oxygen atoms in total. The average molecular weight is 287 g/mol. The van der Waals surface area contributed by atoms with Crippen LogP contribution >= 0.6 is 23.1 Å². The molecule has 0 bridgehead atoms. The highest BCUT2D eigenvalue weighted by molar-refractivity contribution is 7.99. The van der Waals surface area contributed by atoms with Crippen LogP contribution in [0.1, 0.15) is 24.0 Å². The van der Waals surface area contributed by atoms with Crippen molar-refractivity contribution in [2.24, 2.45) is 0 Å². The zero-order valence-electron chi connectivity index (χ0n) is 10.6. The van der Waals surface area contributed by atoms with Crippen molar-refractivity contribution in [2.75, 3.05) is 12.9 Å². The number of thioether (sulfide) groups is 1. The molecule has 0 saturated carbocycles. The molecule has 1 aromatic rings. The van der Waals surface area contributed by atoms with E-state index in [9.17, 15) is 9.59 Å². The molecule has 1 amide bonds. The van der Waals surface area contributed by atoms with Crippen molar-refractivity contribution < 1.29 is 14.3 Å². The van der Waals surface area contributed by atoms with Gasteiger partial charge in [-0.25, -0.2) is 4.79 Å². The number of hydrogen-bond donors (Lipinski definition) is 1. The normalized spacial score (nSPS) is 13.7. The van der Waals surface area contributed by atoms with E-state index in [0.29, 0.717) is 11.0 Å². The van der Waals surface area contributed by atoms with Crippen molar-refractivity contribution in [1.82, 2.24) is 5.32 Å². The van der Waals surface area contributed by atoms with Crippen molar-refractivity contribution in [3.8, 4) is 0 Å². The zero-order chi connectivity index (χ0) is 13.5. The van der Waals surface area contributed by atoms with E-state index in [0.717, 1.165) is 0 Å². The fourth-order valence-electron chi connectivity index (χ4n) is 1.40. The van der Waals surface area contributed by atoms with Gasteiger partial charge in [0.1, 0.15) is 6.04 Å². The van der Waals surface area contributed by atoms with Crippen LogP contribution in [0.15, 0.2) is 17.5 Å². The van der Waals surface area contributed by atoms with Crippen LogP contribution in [0.4, 0.5) is 0 Å². The van der Waals surface area contributed by atoms with Crippen molar-refractivity contribution in [3.63, 3.8) is 0 Å². The first-order chi connectivity index (χ1) is 8.54. The molecule has 0 spiro atoms. The molecule has 1 aromatic heterocycles. The molecule has 0 aromatic carbocycles. The third-order valence-electron chi connectivity index (χ3n) is 2.32. The maximum absolute atomic E-state index is 11.5. The Morgan fingerprint density at radius 2 is 2.28 bits per heavy atom. The van der Waals surface area contributed by atoms with Gasteiger partial charge in [0.05, 0.1) is 7.11 Å². The Morgan fingerprint density at radius 3 is 2.78 bits per heavy atom. The van der Waals surface area contributed by atoms with Gasteiger partial charge in [-0.05, 0) is 18.4 Å². The monoisotopic (exact) mass is 287 g/mol. The van der Waals surface area contributed by atoms with Crippen LogP contribution in [-0.4, -0.2) is 30.8 Å². The molecule has 100 valence electrons. The number of rotatable bonds is 6. The Bertz CT molecular complexity index is 392. The summed E-state index contributed by atoms with van der Waals surface area (Å²) >= 11 is 3.31. The second kappa shape index (κ2) is 7.43. The van der Waals surface area contributed by atoms with Crippen LogP contribution in [0, 0.1) is 0 Å². The number of thiophene rings is 1. The van der Waals surface area contributed by atoms with Crippen molar-refractivity contribution in [2.45, 2.75) is 25.1 Å². The summed E-state index contributed by atoms with van der Waals surface area (Å²) in [7, 11) is 1.32. The van der Waals surface area contributed by atoms with Gasteiger partial charge in [0.25, 0.3) is 0 Å². The van der Waals surface area contributed by atoms with Gasteiger partial charge in [0, 0.05) is 22.8 Å². The molecule has 0 radical (unpaired) electrons. The Kier molecular flexibility index (Phi) is 6.21. The van der Waals surface area contributed by atoms with Gasteiger partial charge >= 0.3 is 5.97 Å². The standard InChI is InChI=1S/C12H17NO3S2/c1-8(11-5-4-6-17-11)18-7-10(12(15)16-3)13-9(2)14/h4-6,8,10H,7H2,1-3H3,(H,13,14)/t8?,10-/m0/s1. The number of methoxy groups -OCH3 is 1. The summed E-state index contributed by atoms with van der Waals surface area (Å²) in [5.41, 5.74) is 0. The zero-order valence-corrected chi connectivity index (χ0v) is 12.3. The van der Waals surface area contributed by atoms with E-state index in [1.807, 2.05) is 11.4 Å². The Morgan fingerprint density at radius 1 is 1.56 bits per heavy atom. The minimum atomic E-state index is -0.583. The highest BCUT2D eigenvalue weighted by Gasteiger charge is 2.21. The topological polar surface area (TPSA) is 55.4 Å². The quantitative estimate of drug-likeness (QED) is 0.815. The van der Waals surface area contributed by atoms with E-state index in [1.54, 1.807) is 23.1 Å². The molecule has 0 fully saturated rings. The summed E-state index contributed by atoms with van der Waals surface area (Å²) in [5.74, 6) is -0.128. The van der Waals surface area contributed by atoms with Crippen molar-refractivity contribution >= 4 is 35.0 Å².